The summed E-state index contributed by atoms with van der Waals surface area (Å²) in [7, 11) is 1.64. The molecule has 0 spiro atoms. The van der Waals surface area contributed by atoms with Crippen LogP contribution in [0, 0.1) is 11.3 Å². The monoisotopic (exact) mass is 310 g/mol. The van der Waals surface area contributed by atoms with Crippen LogP contribution in [0.4, 0.5) is 0 Å². The first-order chi connectivity index (χ1) is 10.2. The van der Waals surface area contributed by atoms with Gasteiger partial charge in [-0.15, -0.1) is 11.3 Å². The lowest BCUT2D eigenvalue weighted by atomic mass is 9.80. The minimum atomic E-state index is -0.370. The zero-order valence-electron chi connectivity index (χ0n) is 12.3. The molecule has 3 heterocycles. The third kappa shape index (κ3) is 2.99. The molecule has 0 aromatic carbocycles. The number of fused-ring (bicyclic) bond motifs is 1. The number of nitrogens with zero attached hydrogens (tertiary/aromatic N) is 1. The SMILES string of the molecule is COCCNC(=O)[C@]12COC[C@H]1CN(Cc1cccs1)C2. The summed E-state index contributed by atoms with van der Waals surface area (Å²) < 4.78 is 10.6. The van der Waals surface area contributed by atoms with Crippen molar-refractivity contribution in [2.45, 2.75) is 6.54 Å². The van der Waals surface area contributed by atoms with Gasteiger partial charge in [0.1, 0.15) is 0 Å². The molecular formula is C15H22N2O3S. The molecule has 3 rings (SSSR count). The molecule has 0 aliphatic carbocycles. The number of rotatable bonds is 6. The molecule has 2 atom stereocenters. The number of methoxy groups -OCH3 is 1. The van der Waals surface area contributed by atoms with Gasteiger partial charge in [-0.05, 0) is 11.4 Å². The van der Waals surface area contributed by atoms with E-state index in [4.69, 9.17) is 9.47 Å². The minimum Gasteiger partial charge on any atom is -0.383 e. The molecule has 21 heavy (non-hydrogen) atoms. The van der Waals surface area contributed by atoms with E-state index in [1.807, 2.05) is 0 Å². The highest BCUT2D eigenvalue weighted by Crippen LogP contribution is 2.42. The van der Waals surface area contributed by atoms with Crippen LogP contribution >= 0.6 is 11.3 Å². The van der Waals surface area contributed by atoms with Crippen LogP contribution in [0.15, 0.2) is 17.5 Å². The summed E-state index contributed by atoms with van der Waals surface area (Å²) in [5.74, 6) is 0.427. The topological polar surface area (TPSA) is 50.8 Å². The van der Waals surface area contributed by atoms with Gasteiger partial charge < -0.3 is 14.8 Å². The molecule has 0 saturated carbocycles. The van der Waals surface area contributed by atoms with Crippen LogP contribution in [0.3, 0.4) is 0 Å². The number of carbonyl (C=O) groups is 1. The molecule has 0 radical (unpaired) electrons. The Bertz CT molecular complexity index is 479. The number of likely N-dealkylation sites (tertiary alicyclic amines) is 1. The van der Waals surface area contributed by atoms with Crippen LogP contribution in [0.25, 0.3) is 0 Å². The van der Waals surface area contributed by atoms with Crippen LogP contribution in [0.2, 0.25) is 0 Å². The normalized spacial score (nSPS) is 28.7. The van der Waals surface area contributed by atoms with Gasteiger partial charge in [-0.2, -0.15) is 0 Å². The van der Waals surface area contributed by atoms with E-state index in [1.165, 1.54) is 4.88 Å². The van der Waals surface area contributed by atoms with Crippen LogP contribution in [0.5, 0.6) is 0 Å². The van der Waals surface area contributed by atoms with Crippen LogP contribution in [0.1, 0.15) is 4.88 Å². The van der Waals surface area contributed by atoms with Crippen LogP contribution in [-0.4, -0.2) is 57.4 Å². The van der Waals surface area contributed by atoms with Crippen molar-refractivity contribution in [1.29, 1.82) is 0 Å². The summed E-state index contributed by atoms with van der Waals surface area (Å²) in [6.45, 7) is 5.00. The zero-order chi connectivity index (χ0) is 14.7. The lowest BCUT2D eigenvalue weighted by molar-refractivity contribution is -0.131. The second-order valence-electron chi connectivity index (χ2n) is 5.87. The Hall–Kier alpha value is -0.950. The van der Waals surface area contributed by atoms with Crippen LogP contribution in [-0.2, 0) is 20.8 Å². The van der Waals surface area contributed by atoms with Gasteiger partial charge in [0.2, 0.25) is 5.91 Å². The van der Waals surface area contributed by atoms with Crippen molar-refractivity contribution in [3.8, 4) is 0 Å². The minimum absolute atomic E-state index is 0.121. The van der Waals surface area contributed by atoms with Crippen molar-refractivity contribution in [2.75, 3.05) is 46.6 Å². The summed E-state index contributed by atoms with van der Waals surface area (Å²) in [5.41, 5.74) is -0.370. The number of thiophene rings is 1. The van der Waals surface area contributed by atoms with Crippen LogP contribution < -0.4 is 5.32 Å². The molecule has 2 saturated heterocycles. The summed E-state index contributed by atoms with van der Waals surface area (Å²) in [4.78, 5) is 16.3. The quantitative estimate of drug-likeness (QED) is 0.795. The molecule has 5 nitrogen and oxygen atoms in total. The second kappa shape index (κ2) is 6.44. The van der Waals surface area contributed by atoms with E-state index in [9.17, 15) is 4.79 Å². The number of nitrogens with one attached hydrogen (secondary N) is 1. The van der Waals surface area contributed by atoms with Gasteiger partial charge in [0.05, 0.1) is 25.2 Å². The summed E-state index contributed by atoms with van der Waals surface area (Å²) in [6.07, 6.45) is 0. The second-order valence-corrected chi connectivity index (χ2v) is 6.90. The van der Waals surface area contributed by atoms with E-state index in [1.54, 1.807) is 18.4 Å². The van der Waals surface area contributed by atoms with E-state index in [-0.39, 0.29) is 11.3 Å². The maximum Gasteiger partial charge on any atom is 0.230 e. The average Bonchev–Trinajstić information content (AvgIpc) is 3.15. The lowest BCUT2D eigenvalue weighted by Gasteiger charge is -2.26. The van der Waals surface area contributed by atoms with Gasteiger partial charge in [0, 0.05) is 44.1 Å². The number of ether oxygens (including phenoxy) is 2. The predicted octanol–water partition coefficient (Wildman–Crippen LogP) is 0.959. The molecule has 2 fully saturated rings. The maximum absolute atomic E-state index is 12.6. The summed E-state index contributed by atoms with van der Waals surface area (Å²) in [6, 6.07) is 4.23. The fourth-order valence-electron chi connectivity index (χ4n) is 3.35. The first kappa shape index (κ1) is 15.0. The Labute approximate surface area is 129 Å². The zero-order valence-corrected chi connectivity index (χ0v) is 13.2. The molecule has 2 aliphatic rings. The molecule has 0 unspecified atom stereocenters. The highest BCUT2D eigenvalue weighted by atomic mass is 32.1. The van der Waals surface area contributed by atoms with Gasteiger partial charge in [-0.3, -0.25) is 9.69 Å². The molecule has 1 N–H and O–H groups in total. The molecule has 2 aliphatic heterocycles. The Kier molecular flexibility index (Phi) is 4.59. The van der Waals surface area contributed by atoms with Crippen molar-refractivity contribution in [2.24, 2.45) is 11.3 Å². The van der Waals surface area contributed by atoms with Crippen molar-refractivity contribution >= 4 is 17.2 Å². The summed E-state index contributed by atoms with van der Waals surface area (Å²) >= 11 is 1.77. The van der Waals surface area contributed by atoms with E-state index < -0.39 is 0 Å². The average molecular weight is 310 g/mol. The highest BCUT2D eigenvalue weighted by molar-refractivity contribution is 7.09. The number of hydrogen-bond acceptors (Lipinski definition) is 5. The van der Waals surface area contributed by atoms with E-state index >= 15 is 0 Å². The molecule has 6 heteroatoms. The van der Waals surface area contributed by atoms with Gasteiger partial charge in [0.15, 0.2) is 0 Å². The lowest BCUT2D eigenvalue weighted by Crippen LogP contribution is -2.47. The van der Waals surface area contributed by atoms with Gasteiger partial charge in [-0.25, -0.2) is 0 Å². The fraction of sp³-hybridized carbons (Fsp3) is 0.667. The number of carbonyl (C=O) groups excluding carboxylic acids is 1. The first-order valence-electron chi connectivity index (χ1n) is 7.34. The molecule has 1 aromatic rings. The Morgan fingerprint density at radius 2 is 2.57 bits per heavy atom. The van der Waals surface area contributed by atoms with Crippen molar-refractivity contribution in [3.05, 3.63) is 22.4 Å². The van der Waals surface area contributed by atoms with Gasteiger partial charge >= 0.3 is 0 Å². The number of amides is 1. The number of hydrogen-bond donors (Lipinski definition) is 1. The van der Waals surface area contributed by atoms with Crippen molar-refractivity contribution < 1.29 is 14.3 Å². The molecule has 0 bridgehead atoms. The van der Waals surface area contributed by atoms with E-state index in [2.05, 4.69) is 27.7 Å². The summed E-state index contributed by atoms with van der Waals surface area (Å²) in [5, 5.41) is 5.10. The first-order valence-corrected chi connectivity index (χ1v) is 8.22. The smallest absolute Gasteiger partial charge is 0.230 e. The largest absolute Gasteiger partial charge is 0.383 e. The van der Waals surface area contributed by atoms with Gasteiger partial charge in [-0.1, -0.05) is 6.07 Å². The fourth-order valence-corrected chi connectivity index (χ4v) is 4.09. The maximum atomic E-state index is 12.6. The predicted molar refractivity (Wildman–Crippen MR) is 81.2 cm³/mol. The molecular weight excluding hydrogens is 288 g/mol. The Morgan fingerprint density at radius 3 is 3.33 bits per heavy atom. The Balaban J connectivity index is 1.64. The molecule has 1 aromatic heterocycles. The van der Waals surface area contributed by atoms with E-state index in [0.29, 0.717) is 32.3 Å². The Morgan fingerprint density at radius 1 is 1.67 bits per heavy atom. The van der Waals surface area contributed by atoms with Gasteiger partial charge in [0.25, 0.3) is 0 Å². The molecule has 116 valence electrons. The highest BCUT2D eigenvalue weighted by Gasteiger charge is 2.55. The third-order valence-electron chi connectivity index (χ3n) is 4.45. The van der Waals surface area contributed by atoms with Crippen molar-refractivity contribution in [1.82, 2.24) is 10.2 Å². The third-order valence-corrected chi connectivity index (χ3v) is 5.31. The van der Waals surface area contributed by atoms with E-state index in [0.717, 1.165) is 19.6 Å². The standard InChI is InChI=1S/C15H22N2O3S/c1-19-5-4-16-14(18)15-10-17(7-12(15)9-20-11-15)8-13-3-2-6-21-13/h2-3,6,12H,4-5,7-11H2,1H3,(H,16,18)/t12-,15-/m1/s1. The molecule has 1 amide bonds. The van der Waals surface area contributed by atoms with Crippen molar-refractivity contribution in [3.63, 3.8) is 0 Å².